The number of nitrogens with zero attached hydrogens (tertiary/aromatic N) is 2. The molecule has 1 N–H and O–H groups in total. The van der Waals surface area contributed by atoms with Crippen molar-refractivity contribution in [3.63, 3.8) is 0 Å². The molecule has 0 aliphatic heterocycles. The minimum absolute atomic E-state index is 0.0677. The number of sulfonamides is 1. The van der Waals surface area contributed by atoms with Gasteiger partial charge < -0.3 is 15.0 Å². The van der Waals surface area contributed by atoms with E-state index >= 15 is 0 Å². The Bertz CT molecular complexity index is 1480. The van der Waals surface area contributed by atoms with Crippen molar-refractivity contribution in [2.75, 3.05) is 24.5 Å². The first-order valence-electron chi connectivity index (χ1n) is 13.1. The van der Waals surface area contributed by atoms with E-state index < -0.39 is 40.2 Å². The number of ether oxygens (including phenoxy) is 1. The molecule has 3 aromatic carbocycles. The van der Waals surface area contributed by atoms with Crippen molar-refractivity contribution in [2.45, 2.75) is 45.2 Å². The molecule has 8 nitrogen and oxygen atoms in total. The topological polar surface area (TPSA) is 96.0 Å². The van der Waals surface area contributed by atoms with E-state index in [-0.39, 0.29) is 28.6 Å². The predicted molar refractivity (Wildman–Crippen MR) is 161 cm³/mol. The fourth-order valence-corrected chi connectivity index (χ4v) is 6.15. The van der Waals surface area contributed by atoms with Crippen molar-refractivity contribution in [3.8, 4) is 5.75 Å². The monoisotopic (exact) mass is 647 g/mol. The van der Waals surface area contributed by atoms with Crippen LogP contribution in [0.2, 0.25) is 0 Å². The summed E-state index contributed by atoms with van der Waals surface area (Å²) in [7, 11) is -2.80. The molecule has 0 radical (unpaired) electrons. The summed E-state index contributed by atoms with van der Waals surface area (Å²) in [5.74, 6) is -1.01. The van der Waals surface area contributed by atoms with E-state index in [2.05, 4.69) is 21.2 Å². The average Bonchev–Trinajstić information content (AvgIpc) is 2.94. The number of benzene rings is 3. The summed E-state index contributed by atoms with van der Waals surface area (Å²) in [5.41, 5.74) is 1.37. The van der Waals surface area contributed by atoms with Crippen molar-refractivity contribution in [1.29, 1.82) is 0 Å². The van der Waals surface area contributed by atoms with Gasteiger partial charge >= 0.3 is 0 Å². The van der Waals surface area contributed by atoms with E-state index in [0.717, 1.165) is 9.87 Å². The van der Waals surface area contributed by atoms with Crippen LogP contribution >= 0.6 is 15.9 Å². The maximum atomic E-state index is 14.6. The molecule has 2 amide bonds. The van der Waals surface area contributed by atoms with Crippen molar-refractivity contribution in [3.05, 3.63) is 88.1 Å². The van der Waals surface area contributed by atoms with E-state index in [1.807, 2.05) is 20.8 Å². The van der Waals surface area contributed by atoms with E-state index in [9.17, 15) is 22.4 Å². The van der Waals surface area contributed by atoms with Gasteiger partial charge in [0.15, 0.2) is 0 Å². The first kappa shape index (κ1) is 32.1. The van der Waals surface area contributed by atoms with Crippen LogP contribution in [0.1, 0.15) is 31.9 Å². The Hall–Kier alpha value is -3.44. The van der Waals surface area contributed by atoms with Crippen LogP contribution in [0.15, 0.2) is 76.1 Å². The van der Waals surface area contributed by atoms with Gasteiger partial charge in [-0.25, -0.2) is 12.8 Å². The van der Waals surface area contributed by atoms with Crippen molar-refractivity contribution >= 4 is 43.5 Å². The lowest BCUT2D eigenvalue weighted by atomic mass is 10.1. The Labute approximate surface area is 249 Å². The number of rotatable bonds is 12. The maximum Gasteiger partial charge on any atom is 0.264 e. The fourth-order valence-electron chi connectivity index (χ4n) is 4.02. The zero-order valence-electron chi connectivity index (χ0n) is 23.7. The molecular formula is C30H35BrFN3O5S. The van der Waals surface area contributed by atoms with Crippen LogP contribution in [0.5, 0.6) is 5.75 Å². The highest BCUT2D eigenvalue weighted by atomic mass is 79.9. The number of carbonyl (C=O) groups is 2. The number of amides is 2. The number of methoxy groups -OCH3 is 1. The van der Waals surface area contributed by atoms with Crippen molar-refractivity contribution in [1.82, 2.24) is 10.2 Å². The second-order valence-corrected chi connectivity index (χ2v) is 12.8. The Morgan fingerprint density at radius 3 is 2.27 bits per heavy atom. The molecule has 0 unspecified atom stereocenters. The molecule has 220 valence electrons. The number of halogens is 2. The molecule has 0 aliphatic carbocycles. The van der Waals surface area contributed by atoms with Crippen LogP contribution in [-0.2, 0) is 26.2 Å². The third-order valence-corrected chi connectivity index (χ3v) is 8.85. The number of carbonyl (C=O) groups excluding carboxylic acids is 2. The third kappa shape index (κ3) is 8.07. The number of hydrogen-bond acceptors (Lipinski definition) is 5. The van der Waals surface area contributed by atoms with Crippen LogP contribution in [0.3, 0.4) is 0 Å². The quantitative estimate of drug-likeness (QED) is 0.288. The van der Waals surface area contributed by atoms with Gasteiger partial charge in [-0.2, -0.15) is 0 Å². The van der Waals surface area contributed by atoms with Crippen LogP contribution < -0.4 is 14.4 Å². The molecule has 0 saturated heterocycles. The molecule has 0 bridgehead atoms. The molecule has 0 spiro atoms. The van der Waals surface area contributed by atoms with Gasteiger partial charge in [0.2, 0.25) is 11.8 Å². The maximum absolute atomic E-state index is 14.6. The largest absolute Gasteiger partial charge is 0.496 e. The molecule has 0 saturated carbocycles. The van der Waals surface area contributed by atoms with Crippen LogP contribution in [-0.4, -0.2) is 51.4 Å². The van der Waals surface area contributed by atoms with Gasteiger partial charge in [-0.05, 0) is 72.1 Å². The van der Waals surface area contributed by atoms with Gasteiger partial charge in [-0.15, -0.1) is 0 Å². The minimum Gasteiger partial charge on any atom is -0.496 e. The lowest BCUT2D eigenvalue weighted by Gasteiger charge is -2.32. The number of hydrogen-bond donors (Lipinski definition) is 1. The van der Waals surface area contributed by atoms with Gasteiger partial charge in [-0.1, -0.05) is 49.7 Å². The van der Waals surface area contributed by atoms with Crippen molar-refractivity contribution < 1.29 is 27.1 Å². The SMILES string of the molecule is COc1ccc(S(=O)(=O)N(CC(=O)N(Cc2ccccc2F)[C@@H](C)C(=O)NCC(C)C)c2ccc(C)cc2)cc1Br. The fraction of sp³-hybridized carbons (Fsp3) is 0.333. The molecule has 3 rings (SSSR count). The third-order valence-electron chi connectivity index (χ3n) is 6.46. The summed E-state index contributed by atoms with van der Waals surface area (Å²) < 4.78 is 49.3. The lowest BCUT2D eigenvalue weighted by Crippen LogP contribution is -2.51. The predicted octanol–water partition coefficient (Wildman–Crippen LogP) is 5.29. The van der Waals surface area contributed by atoms with Gasteiger partial charge in [-0.3, -0.25) is 13.9 Å². The lowest BCUT2D eigenvalue weighted by molar-refractivity contribution is -0.139. The number of nitrogens with one attached hydrogen (secondary N) is 1. The van der Waals surface area contributed by atoms with Gasteiger partial charge in [0.1, 0.15) is 24.2 Å². The highest BCUT2D eigenvalue weighted by Gasteiger charge is 2.33. The Balaban J connectivity index is 2.04. The van der Waals surface area contributed by atoms with Gasteiger partial charge in [0.25, 0.3) is 10.0 Å². The Kier molecular flexibility index (Phi) is 10.9. The zero-order chi connectivity index (χ0) is 30.3. The molecule has 0 heterocycles. The van der Waals surface area contributed by atoms with Gasteiger partial charge in [0.05, 0.1) is 22.2 Å². The van der Waals surface area contributed by atoms with E-state index in [4.69, 9.17) is 4.74 Å². The number of aryl methyl sites for hydroxylation is 1. The van der Waals surface area contributed by atoms with Crippen LogP contribution in [0.25, 0.3) is 0 Å². The smallest absolute Gasteiger partial charge is 0.264 e. The summed E-state index contributed by atoms with van der Waals surface area (Å²) in [6.07, 6.45) is 0. The van der Waals surface area contributed by atoms with Gasteiger partial charge in [0, 0.05) is 18.7 Å². The highest BCUT2D eigenvalue weighted by Crippen LogP contribution is 2.31. The summed E-state index contributed by atoms with van der Waals surface area (Å²) in [4.78, 5) is 28.1. The molecule has 0 aliphatic rings. The summed E-state index contributed by atoms with van der Waals surface area (Å²) in [5, 5.41) is 2.81. The van der Waals surface area contributed by atoms with E-state index in [1.54, 1.807) is 37.3 Å². The molecule has 0 aromatic heterocycles. The summed E-state index contributed by atoms with van der Waals surface area (Å²) >= 11 is 3.33. The molecular weight excluding hydrogens is 613 g/mol. The highest BCUT2D eigenvalue weighted by molar-refractivity contribution is 9.10. The first-order valence-corrected chi connectivity index (χ1v) is 15.3. The Morgan fingerprint density at radius 1 is 1.02 bits per heavy atom. The normalized spacial score (nSPS) is 12.1. The molecule has 1 atom stereocenters. The Morgan fingerprint density at radius 2 is 1.68 bits per heavy atom. The summed E-state index contributed by atoms with van der Waals surface area (Å²) in [6, 6.07) is 16.0. The standard InChI is InChI=1S/C30H35BrFN3O5S/c1-20(2)17-33-30(37)22(4)34(18-23-8-6-7-9-27(23)32)29(36)19-35(24-12-10-21(3)11-13-24)41(38,39)25-14-15-28(40-5)26(31)16-25/h6-16,20,22H,17-19H2,1-5H3,(H,33,37)/t22-/m0/s1. The van der Waals surface area contributed by atoms with E-state index in [1.165, 1.54) is 48.4 Å². The molecule has 3 aromatic rings. The second kappa shape index (κ2) is 14.0. The first-order chi connectivity index (χ1) is 19.3. The molecule has 11 heteroatoms. The zero-order valence-corrected chi connectivity index (χ0v) is 26.1. The van der Waals surface area contributed by atoms with E-state index in [0.29, 0.717) is 16.8 Å². The second-order valence-electron chi connectivity index (χ2n) is 10.1. The molecule has 41 heavy (non-hydrogen) atoms. The van der Waals surface area contributed by atoms with Crippen LogP contribution in [0, 0.1) is 18.7 Å². The minimum atomic E-state index is -4.27. The molecule has 0 fully saturated rings. The number of anilines is 1. The average molecular weight is 649 g/mol. The van der Waals surface area contributed by atoms with Crippen LogP contribution in [0.4, 0.5) is 10.1 Å². The van der Waals surface area contributed by atoms with Crippen molar-refractivity contribution in [2.24, 2.45) is 5.92 Å². The summed E-state index contributed by atoms with van der Waals surface area (Å²) in [6.45, 7) is 6.83.